The van der Waals surface area contributed by atoms with Crippen LogP contribution in [0.5, 0.6) is 0 Å². The molecule has 0 amide bonds. The van der Waals surface area contributed by atoms with E-state index >= 15 is 0 Å². The number of aliphatic hydroxyl groups excluding tert-OH is 1. The van der Waals surface area contributed by atoms with E-state index in [-0.39, 0.29) is 11.9 Å². The molecule has 0 saturated carbocycles. The zero-order valence-corrected chi connectivity index (χ0v) is 6.10. The number of nitrogens with zero attached hydrogens (tertiary/aromatic N) is 1. The highest BCUT2D eigenvalue weighted by molar-refractivity contribution is 5.41. The van der Waals surface area contributed by atoms with Crippen LogP contribution in [0.25, 0.3) is 0 Å². The fourth-order valence-corrected chi connectivity index (χ4v) is 0.754. The fourth-order valence-electron chi connectivity index (χ4n) is 0.754. The molecule has 0 bridgehead atoms. The van der Waals surface area contributed by atoms with E-state index in [9.17, 15) is 10.1 Å². The smallest absolute Gasteiger partial charge is 0.163 e. The molecule has 64 valence electrons. The number of allylic oxidation sites excluding steroid dienone is 3. The topological polar surface area (TPSA) is 89.4 Å². The Morgan fingerprint density at radius 1 is 1.58 bits per heavy atom. The first kappa shape index (κ1) is 8.19. The number of nitro groups is 1. The summed E-state index contributed by atoms with van der Waals surface area (Å²) in [6, 6.07) is -0.0278. The molecular formula is C7H7N2O3-. The molecule has 0 atom stereocenters. The third kappa shape index (κ3) is 1.57. The Hall–Kier alpha value is -1.91. The summed E-state index contributed by atoms with van der Waals surface area (Å²) in [6.45, 7) is 0. The Balaban J connectivity index is 2.80. The van der Waals surface area contributed by atoms with Crippen molar-refractivity contribution in [1.82, 2.24) is 0 Å². The molecule has 0 saturated heterocycles. The molecule has 0 unspecified atom stereocenters. The van der Waals surface area contributed by atoms with Gasteiger partial charge >= 0.3 is 0 Å². The normalized spacial score (nSPS) is 15.0. The second-order valence-electron chi connectivity index (χ2n) is 2.19. The van der Waals surface area contributed by atoms with Crippen LogP contribution in [0.3, 0.4) is 0 Å². The molecule has 12 heavy (non-hydrogen) atoms. The summed E-state index contributed by atoms with van der Waals surface area (Å²) in [5, 5.41) is 19.0. The molecule has 0 radical (unpaired) electrons. The lowest BCUT2D eigenvalue weighted by Gasteiger charge is -2.12. The highest BCUT2D eigenvalue weighted by Crippen LogP contribution is 2.16. The summed E-state index contributed by atoms with van der Waals surface area (Å²) in [6.07, 6.45) is 5.32. The number of hydrogen-bond donors (Lipinski definition) is 2. The molecule has 0 aromatic rings. The van der Waals surface area contributed by atoms with E-state index in [1.165, 1.54) is 24.3 Å². The van der Waals surface area contributed by atoms with Gasteiger partial charge in [-0.25, -0.2) is 0 Å². The highest BCUT2D eigenvalue weighted by atomic mass is 16.6. The predicted octanol–water partition coefficient (Wildman–Crippen LogP) is 0.649. The molecule has 0 aromatic heterocycles. The predicted molar refractivity (Wildman–Crippen MR) is 42.4 cm³/mol. The van der Waals surface area contributed by atoms with E-state index in [1.807, 2.05) is 0 Å². The lowest BCUT2D eigenvalue weighted by atomic mass is 10.1. The molecular weight excluding hydrogens is 160 g/mol. The minimum atomic E-state index is -0.517. The van der Waals surface area contributed by atoms with E-state index in [2.05, 4.69) is 0 Å². The Labute approximate surface area is 68.6 Å². The van der Waals surface area contributed by atoms with Crippen molar-refractivity contribution in [3.05, 3.63) is 51.9 Å². The minimum absolute atomic E-state index is 0.0278. The Morgan fingerprint density at radius 2 is 2.08 bits per heavy atom. The van der Waals surface area contributed by atoms with Gasteiger partial charge in [0.05, 0.1) is 0 Å². The standard InChI is InChI=1S/C7H7N2O3/c8-7(10)5-1-3-6(4-2-5)9(11)12/h1-4,10H,8H2/q-1. The van der Waals surface area contributed by atoms with Gasteiger partial charge in [-0.1, -0.05) is 17.7 Å². The quantitative estimate of drug-likeness (QED) is 0.259. The Bertz CT molecular complexity index is 271. The summed E-state index contributed by atoms with van der Waals surface area (Å²) in [4.78, 5) is 9.67. The third-order valence-corrected chi connectivity index (χ3v) is 1.37. The van der Waals surface area contributed by atoms with Crippen molar-refractivity contribution in [3.63, 3.8) is 0 Å². The van der Waals surface area contributed by atoms with Gasteiger partial charge < -0.3 is 10.8 Å². The van der Waals surface area contributed by atoms with Crippen LogP contribution in [0.15, 0.2) is 35.8 Å². The van der Waals surface area contributed by atoms with Crippen LogP contribution in [0, 0.1) is 16.2 Å². The van der Waals surface area contributed by atoms with Crippen LogP contribution >= 0.6 is 0 Å². The summed E-state index contributed by atoms with van der Waals surface area (Å²) in [5.74, 6) is -0.343. The van der Waals surface area contributed by atoms with Crippen LogP contribution < -0.4 is 5.73 Å². The molecule has 1 rings (SSSR count). The van der Waals surface area contributed by atoms with Crippen LogP contribution in [-0.4, -0.2) is 10.0 Å². The molecule has 0 fully saturated rings. The van der Waals surface area contributed by atoms with Gasteiger partial charge in [0.15, 0.2) is 11.9 Å². The average molecular weight is 167 g/mol. The van der Waals surface area contributed by atoms with E-state index in [1.54, 1.807) is 0 Å². The molecule has 5 nitrogen and oxygen atoms in total. The van der Waals surface area contributed by atoms with Crippen molar-refractivity contribution in [2.75, 3.05) is 0 Å². The largest absolute Gasteiger partial charge is 0.496 e. The number of nitrogens with two attached hydrogens (primary N) is 1. The van der Waals surface area contributed by atoms with Gasteiger partial charge in [0.2, 0.25) is 0 Å². The van der Waals surface area contributed by atoms with E-state index < -0.39 is 4.92 Å². The van der Waals surface area contributed by atoms with Gasteiger partial charge in [0, 0.05) is 4.92 Å². The number of rotatable bonds is 1. The molecule has 0 aromatic carbocycles. The van der Waals surface area contributed by atoms with Crippen LogP contribution in [0.2, 0.25) is 0 Å². The molecule has 1 aliphatic carbocycles. The highest BCUT2D eigenvalue weighted by Gasteiger charge is 2.07. The molecule has 0 aliphatic heterocycles. The van der Waals surface area contributed by atoms with Gasteiger partial charge in [-0.2, -0.15) is 12.2 Å². The summed E-state index contributed by atoms with van der Waals surface area (Å²) < 4.78 is 0. The van der Waals surface area contributed by atoms with Crippen molar-refractivity contribution in [2.45, 2.75) is 0 Å². The van der Waals surface area contributed by atoms with Gasteiger partial charge in [-0.15, -0.1) is 0 Å². The Kier molecular flexibility index (Phi) is 2.05. The fraction of sp³-hybridized carbons (Fsp3) is 0. The minimum Gasteiger partial charge on any atom is -0.496 e. The second kappa shape index (κ2) is 3.00. The Morgan fingerprint density at radius 3 is 2.42 bits per heavy atom. The van der Waals surface area contributed by atoms with Crippen molar-refractivity contribution in [1.29, 1.82) is 0 Å². The van der Waals surface area contributed by atoms with Crippen molar-refractivity contribution < 1.29 is 10.0 Å². The van der Waals surface area contributed by atoms with E-state index in [4.69, 9.17) is 10.8 Å². The summed E-state index contributed by atoms with van der Waals surface area (Å²) in [7, 11) is 0. The summed E-state index contributed by atoms with van der Waals surface area (Å²) >= 11 is 0. The van der Waals surface area contributed by atoms with Gasteiger partial charge in [-0.05, 0) is 0 Å². The van der Waals surface area contributed by atoms with Crippen LogP contribution in [0.4, 0.5) is 0 Å². The maximum atomic E-state index is 10.2. The second-order valence-corrected chi connectivity index (χ2v) is 2.19. The zero-order valence-electron chi connectivity index (χ0n) is 6.10. The van der Waals surface area contributed by atoms with Crippen LogP contribution in [0.1, 0.15) is 0 Å². The first-order valence-electron chi connectivity index (χ1n) is 3.17. The van der Waals surface area contributed by atoms with Crippen LogP contribution in [-0.2, 0) is 0 Å². The molecule has 3 N–H and O–H groups in total. The zero-order chi connectivity index (χ0) is 9.14. The maximum absolute atomic E-state index is 10.2. The van der Waals surface area contributed by atoms with Gasteiger partial charge in [-0.3, -0.25) is 10.1 Å². The van der Waals surface area contributed by atoms with Gasteiger partial charge in [0.1, 0.15) is 0 Å². The first-order valence-corrected chi connectivity index (χ1v) is 3.17. The lowest BCUT2D eigenvalue weighted by Crippen LogP contribution is -2.07. The van der Waals surface area contributed by atoms with E-state index in [0.29, 0.717) is 5.57 Å². The molecule has 5 heteroatoms. The maximum Gasteiger partial charge on any atom is 0.163 e. The number of aliphatic hydroxyl groups is 1. The summed E-state index contributed by atoms with van der Waals surface area (Å²) in [5.41, 5.74) is 5.42. The molecule has 0 spiro atoms. The average Bonchev–Trinajstić information content (AvgIpc) is 2.04. The third-order valence-electron chi connectivity index (χ3n) is 1.37. The molecule has 0 heterocycles. The van der Waals surface area contributed by atoms with Gasteiger partial charge in [0.25, 0.3) is 0 Å². The van der Waals surface area contributed by atoms with Crippen molar-refractivity contribution >= 4 is 0 Å². The van der Waals surface area contributed by atoms with Crippen molar-refractivity contribution in [2.24, 2.45) is 5.73 Å². The lowest BCUT2D eigenvalue weighted by molar-refractivity contribution is -0.448. The SMILES string of the molecule is NC(O)=C1C=C[C-]([N+](=O)[O-])C=C1. The van der Waals surface area contributed by atoms with Crippen molar-refractivity contribution in [3.8, 4) is 0 Å². The first-order chi connectivity index (χ1) is 5.61. The monoisotopic (exact) mass is 167 g/mol. The van der Waals surface area contributed by atoms with E-state index in [0.717, 1.165) is 0 Å². The number of hydrogen-bond acceptors (Lipinski definition) is 4. The molecule has 1 aliphatic rings.